The van der Waals surface area contributed by atoms with Crippen LogP contribution in [-0.4, -0.2) is 30.7 Å². The largest absolute Gasteiger partial charge is 0.455 e. The zero-order valence-electron chi connectivity index (χ0n) is 29.8. The van der Waals surface area contributed by atoms with Crippen LogP contribution in [0.15, 0.2) is 146 Å². The van der Waals surface area contributed by atoms with E-state index < -0.39 is 0 Å². The van der Waals surface area contributed by atoms with Gasteiger partial charge in [0.1, 0.15) is 42.0 Å². The molecule has 0 atom stereocenters. The van der Waals surface area contributed by atoms with Crippen LogP contribution in [0, 0.1) is 5.41 Å². The van der Waals surface area contributed by atoms with Gasteiger partial charge in [-0.05, 0) is 58.7 Å². The van der Waals surface area contributed by atoms with Crippen molar-refractivity contribution in [2.75, 3.05) is 0 Å². The number of pyridine rings is 1. The Bertz CT molecular complexity index is 3010. The van der Waals surface area contributed by atoms with E-state index in [9.17, 15) is 0 Å². The number of fused-ring (bicyclic) bond motifs is 8. The van der Waals surface area contributed by atoms with Crippen LogP contribution in [0.2, 0.25) is 0 Å². The van der Waals surface area contributed by atoms with Crippen LogP contribution in [0.5, 0.6) is 0 Å². The minimum absolute atomic E-state index is 0.396. The lowest BCUT2D eigenvalue weighted by Crippen LogP contribution is -2.15. The van der Waals surface area contributed by atoms with Gasteiger partial charge < -0.3 is 20.0 Å². The molecule has 3 N–H and O–H groups in total. The third-order valence-corrected chi connectivity index (χ3v) is 10.1. The molecule has 0 aliphatic carbocycles. The molecule has 0 unspecified atom stereocenters. The number of nitrogens with two attached hydrogens (primary N) is 1. The lowest BCUT2D eigenvalue weighted by molar-refractivity contribution is 0.607. The maximum Gasteiger partial charge on any atom is 0.143 e. The number of hydrogen-bond donors (Lipinski definition) is 2. The van der Waals surface area contributed by atoms with Gasteiger partial charge in [0.05, 0.1) is 6.54 Å². The molecular weight excluding hydrogens is 665 g/mol. The minimum atomic E-state index is 0.396. The number of nitrogens with zero attached hydrogens (tertiary/aromatic N) is 3. The molecule has 0 aliphatic heterocycles. The zero-order valence-corrected chi connectivity index (χ0v) is 29.8. The van der Waals surface area contributed by atoms with Gasteiger partial charge in [0.25, 0.3) is 0 Å². The molecule has 0 fully saturated rings. The Kier molecular flexibility index (Phi) is 8.20. The lowest BCUT2D eigenvalue weighted by atomic mass is 9.89. The molecule has 9 rings (SSSR count). The second-order valence-corrected chi connectivity index (χ2v) is 13.4. The lowest BCUT2D eigenvalue weighted by Gasteiger charge is -2.13. The SMILES string of the molecule is Bc1cccc2ccc3c(C=N)c(/C=C/c4ccc5ccc6c7cnccc7oc6c5c4-c4ccc(/C(N)=N/C(C)=N\Cc5ccccc5)cc4)oc3c12. The quantitative estimate of drug-likeness (QED) is 0.0980. The van der Waals surface area contributed by atoms with Gasteiger partial charge in [0.15, 0.2) is 0 Å². The van der Waals surface area contributed by atoms with E-state index in [0.717, 1.165) is 93.3 Å². The highest BCUT2D eigenvalue weighted by molar-refractivity contribution is 6.41. The maximum atomic E-state index is 8.35. The normalized spacial score (nSPS) is 12.6. The van der Waals surface area contributed by atoms with Gasteiger partial charge in [-0.15, -0.1) is 0 Å². The molecule has 3 aromatic heterocycles. The summed E-state index contributed by atoms with van der Waals surface area (Å²) in [6.45, 7) is 2.40. The molecule has 0 bridgehead atoms. The van der Waals surface area contributed by atoms with Gasteiger partial charge in [-0.3, -0.25) is 9.98 Å². The fourth-order valence-corrected chi connectivity index (χ4v) is 7.40. The van der Waals surface area contributed by atoms with E-state index in [-0.39, 0.29) is 0 Å². The van der Waals surface area contributed by atoms with Gasteiger partial charge in [-0.2, -0.15) is 0 Å². The zero-order chi connectivity index (χ0) is 36.8. The van der Waals surface area contributed by atoms with Crippen molar-refractivity contribution in [1.29, 1.82) is 5.41 Å². The second-order valence-electron chi connectivity index (χ2n) is 13.4. The standard InChI is InChI=1S/C46H34BN5O2/c1-27(51-25-28-6-3-2-4-7-28)52-46(49)33-14-12-30(13-15-33)41-31(10-11-32-17-20-35-37-26-50-23-22-40(37)54-45(35)43(32)41)18-21-39-36(24-48)34-19-16-29-8-5-9-38(47)42(29)44(34)53-39/h2-24,26,48H,25,47H2,1H3,(H2,49,51,52)/b21-18+,48-24?. The highest BCUT2D eigenvalue weighted by Crippen LogP contribution is 2.41. The second kappa shape index (κ2) is 13.5. The molecule has 7 nitrogen and oxygen atoms in total. The Morgan fingerprint density at radius 3 is 2.35 bits per heavy atom. The van der Waals surface area contributed by atoms with Gasteiger partial charge in [0.2, 0.25) is 0 Å². The van der Waals surface area contributed by atoms with E-state index in [0.29, 0.717) is 24.0 Å². The predicted molar refractivity (Wildman–Crippen MR) is 227 cm³/mol. The smallest absolute Gasteiger partial charge is 0.143 e. The first-order valence-electron chi connectivity index (χ1n) is 17.8. The average molecular weight is 700 g/mol. The summed E-state index contributed by atoms with van der Waals surface area (Å²) in [5.41, 5.74) is 15.6. The van der Waals surface area contributed by atoms with E-state index in [2.05, 4.69) is 89.6 Å². The summed E-state index contributed by atoms with van der Waals surface area (Å²) in [6.07, 6.45) is 9.01. The third kappa shape index (κ3) is 5.74. The van der Waals surface area contributed by atoms with E-state index in [4.69, 9.17) is 20.0 Å². The van der Waals surface area contributed by atoms with Crippen molar-refractivity contribution in [3.05, 3.63) is 156 Å². The summed E-state index contributed by atoms with van der Waals surface area (Å²) in [4.78, 5) is 13.6. The summed E-state index contributed by atoms with van der Waals surface area (Å²) >= 11 is 0. The Morgan fingerprint density at radius 2 is 1.54 bits per heavy atom. The molecule has 6 aromatic carbocycles. The first kappa shape index (κ1) is 32.8. The number of benzene rings is 6. The summed E-state index contributed by atoms with van der Waals surface area (Å²) in [5.74, 6) is 1.63. The van der Waals surface area contributed by atoms with E-state index in [1.807, 2.05) is 73.8 Å². The summed E-state index contributed by atoms with van der Waals surface area (Å²) in [7, 11) is 2.09. The molecule has 0 saturated carbocycles. The molecule has 0 aliphatic rings. The fourth-order valence-electron chi connectivity index (χ4n) is 7.40. The van der Waals surface area contributed by atoms with Crippen LogP contribution in [0.25, 0.3) is 77.7 Å². The number of hydrogen-bond acceptors (Lipinski definition) is 5. The monoisotopic (exact) mass is 699 g/mol. The summed E-state index contributed by atoms with van der Waals surface area (Å²) in [5, 5.41) is 15.4. The van der Waals surface area contributed by atoms with Crippen LogP contribution < -0.4 is 11.2 Å². The van der Waals surface area contributed by atoms with E-state index in [1.54, 1.807) is 6.20 Å². The highest BCUT2D eigenvalue weighted by Gasteiger charge is 2.18. The fraction of sp³-hybridized carbons (Fsp3) is 0.0435. The first-order valence-corrected chi connectivity index (χ1v) is 17.8. The molecule has 54 heavy (non-hydrogen) atoms. The number of amidine groups is 2. The van der Waals surface area contributed by atoms with E-state index in [1.165, 1.54) is 6.21 Å². The number of rotatable bonds is 7. The van der Waals surface area contributed by atoms with E-state index >= 15 is 0 Å². The van der Waals surface area contributed by atoms with Crippen LogP contribution in [0.4, 0.5) is 0 Å². The van der Waals surface area contributed by atoms with Crippen molar-refractivity contribution < 1.29 is 8.83 Å². The van der Waals surface area contributed by atoms with Gasteiger partial charge in [-0.25, -0.2) is 4.99 Å². The van der Waals surface area contributed by atoms with Crippen LogP contribution >= 0.6 is 0 Å². The van der Waals surface area contributed by atoms with Crippen molar-refractivity contribution in [2.45, 2.75) is 13.5 Å². The Balaban J connectivity index is 1.18. The summed E-state index contributed by atoms with van der Waals surface area (Å²) in [6, 6.07) is 38.9. The van der Waals surface area contributed by atoms with Crippen LogP contribution in [0.3, 0.4) is 0 Å². The number of aromatic nitrogens is 1. The minimum Gasteiger partial charge on any atom is -0.455 e. The molecule has 258 valence electrons. The molecule has 0 amide bonds. The molecule has 0 saturated heterocycles. The average Bonchev–Trinajstić information content (AvgIpc) is 3.77. The topological polar surface area (TPSA) is 114 Å². The predicted octanol–water partition coefficient (Wildman–Crippen LogP) is 9.45. The maximum absolute atomic E-state index is 8.35. The van der Waals surface area contributed by atoms with Crippen molar-refractivity contribution in [3.8, 4) is 11.1 Å². The molecule has 3 heterocycles. The number of nitrogens with one attached hydrogen (secondary N) is 1. The van der Waals surface area contributed by atoms with Crippen LogP contribution in [0.1, 0.15) is 34.9 Å². The van der Waals surface area contributed by atoms with Crippen molar-refractivity contribution >= 4 is 97.8 Å². The molecule has 9 aromatic rings. The molecule has 0 radical (unpaired) electrons. The Hall–Kier alpha value is -7.06. The Labute approximate surface area is 312 Å². The first-order chi connectivity index (χ1) is 26.5. The van der Waals surface area contributed by atoms with Crippen molar-refractivity contribution in [2.24, 2.45) is 15.7 Å². The van der Waals surface area contributed by atoms with Crippen molar-refractivity contribution in [3.63, 3.8) is 0 Å². The molecule has 0 spiro atoms. The number of aliphatic imine (C=N–C) groups is 2. The van der Waals surface area contributed by atoms with Crippen LogP contribution in [-0.2, 0) is 6.54 Å². The molecule has 8 heteroatoms. The van der Waals surface area contributed by atoms with Crippen molar-refractivity contribution in [1.82, 2.24) is 4.98 Å². The van der Waals surface area contributed by atoms with Gasteiger partial charge in [0, 0.05) is 62.2 Å². The summed E-state index contributed by atoms with van der Waals surface area (Å²) < 4.78 is 13.1. The highest BCUT2D eigenvalue weighted by atomic mass is 16.3. The van der Waals surface area contributed by atoms with Gasteiger partial charge >= 0.3 is 0 Å². The third-order valence-electron chi connectivity index (χ3n) is 10.1. The van der Waals surface area contributed by atoms with Gasteiger partial charge in [-0.1, -0.05) is 109 Å². The Morgan fingerprint density at radius 1 is 0.778 bits per heavy atom. The molecular formula is C46H34BN5O2. The number of furan rings is 2.